The summed E-state index contributed by atoms with van der Waals surface area (Å²) in [5.74, 6) is 0. The van der Waals surface area contributed by atoms with Gasteiger partial charge in [-0.05, 0) is 64.0 Å². The second kappa shape index (κ2) is 8.59. The Morgan fingerprint density at radius 1 is 0.700 bits per heavy atom. The van der Waals surface area contributed by atoms with Crippen LogP contribution in [-0.4, -0.2) is 7.05 Å². The zero-order chi connectivity index (χ0) is 22.0. The van der Waals surface area contributed by atoms with Gasteiger partial charge in [-0.2, -0.15) is 5.26 Å². The van der Waals surface area contributed by atoms with Gasteiger partial charge in [0.25, 0.3) is 0 Å². The average Bonchev–Trinajstić information content (AvgIpc) is 2.80. The van der Waals surface area contributed by atoms with Crippen molar-refractivity contribution in [2.75, 3.05) is 12.4 Å². The molecule has 0 atom stereocenters. The van der Waals surface area contributed by atoms with Crippen LogP contribution in [0.3, 0.4) is 0 Å². The largest absolute Gasteiger partial charge is 0.388 e. The molecule has 0 saturated carbocycles. The highest BCUT2D eigenvalue weighted by atomic mass is 14.8. The minimum atomic E-state index is 0.744. The standard InChI is InChI=1S/C24H18N2.2C2H6/c1-13-7-10-18-22-16(12-25)9-8-15-5-4-6-17(21(15)22)23-19(26-3)11-14(2)20(13)24(18)23;2*1-2/h4-11,26H,1-3H3;2*1-2H3. The van der Waals surface area contributed by atoms with Crippen LogP contribution in [0.2, 0.25) is 0 Å². The lowest BCUT2D eigenvalue weighted by Crippen LogP contribution is -1.97. The highest BCUT2D eigenvalue weighted by Gasteiger charge is 2.19. The van der Waals surface area contributed by atoms with Gasteiger partial charge in [0.2, 0.25) is 0 Å². The second-order valence-electron chi connectivity index (χ2n) is 7.05. The van der Waals surface area contributed by atoms with E-state index in [0.29, 0.717) is 0 Å². The maximum atomic E-state index is 9.77. The smallest absolute Gasteiger partial charge is 0.0998 e. The summed E-state index contributed by atoms with van der Waals surface area (Å²) in [6, 6.07) is 19.5. The van der Waals surface area contributed by atoms with E-state index in [9.17, 15) is 5.26 Å². The molecule has 5 rings (SSSR count). The van der Waals surface area contributed by atoms with Crippen molar-refractivity contribution >= 4 is 48.8 Å². The molecule has 0 aromatic heterocycles. The first-order valence-corrected chi connectivity index (χ1v) is 10.9. The van der Waals surface area contributed by atoms with Crippen molar-refractivity contribution in [1.82, 2.24) is 0 Å². The van der Waals surface area contributed by atoms with E-state index in [1.807, 2.05) is 40.8 Å². The number of hydrogen-bond donors (Lipinski definition) is 1. The minimum Gasteiger partial charge on any atom is -0.388 e. The third-order valence-electron chi connectivity index (χ3n) is 5.66. The number of nitriles is 1. The van der Waals surface area contributed by atoms with Gasteiger partial charge < -0.3 is 5.32 Å². The number of nitrogens with zero attached hydrogens (tertiary/aromatic N) is 1. The van der Waals surface area contributed by atoms with Crippen LogP contribution in [0.5, 0.6) is 0 Å². The predicted molar refractivity (Wildman–Crippen MR) is 134 cm³/mol. The summed E-state index contributed by atoms with van der Waals surface area (Å²) < 4.78 is 0. The number of benzene rings is 5. The molecule has 1 N–H and O–H groups in total. The highest BCUT2D eigenvalue weighted by Crippen LogP contribution is 2.45. The first-order chi connectivity index (χ1) is 14.7. The van der Waals surface area contributed by atoms with Crippen LogP contribution >= 0.6 is 0 Å². The van der Waals surface area contributed by atoms with Gasteiger partial charge in [-0.3, -0.25) is 0 Å². The summed E-state index contributed by atoms with van der Waals surface area (Å²) in [5.41, 5.74) is 4.42. The Morgan fingerprint density at radius 2 is 1.40 bits per heavy atom. The Bertz CT molecular complexity index is 1390. The van der Waals surface area contributed by atoms with Crippen LogP contribution in [0, 0.1) is 25.2 Å². The monoisotopic (exact) mass is 394 g/mol. The van der Waals surface area contributed by atoms with Gasteiger partial charge in [-0.1, -0.05) is 64.1 Å². The lowest BCUT2D eigenvalue weighted by atomic mass is 9.85. The fourth-order valence-corrected chi connectivity index (χ4v) is 4.62. The highest BCUT2D eigenvalue weighted by molar-refractivity contribution is 6.36. The van der Waals surface area contributed by atoms with Gasteiger partial charge in [0.15, 0.2) is 0 Å². The van der Waals surface area contributed by atoms with Crippen molar-refractivity contribution in [2.45, 2.75) is 41.5 Å². The molecule has 0 aliphatic heterocycles. The van der Waals surface area contributed by atoms with Crippen molar-refractivity contribution in [3.63, 3.8) is 0 Å². The zero-order valence-electron chi connectivity index (χ0n) is 19.1. The van der Waals surface area contributed by atoms with E-state index < -0.39 is 0 Å². The normalized spacial score (nSPS) is 10.5. The van der Waals surface area contributed by atoms with Crippen molar-refractivity contribution in [2.24, 2.45) is 0 Å². The predicted octanol–water partition coefficient (Wildman–Crippen LogP) is 8.32. The summed E-state index contributed by atoms with van der Waals surface area (Å²) in [6.07, 6.45) is 0. The zero-order valence-corrected chi connectivity index (χ0v) is 19.1. The van der Waals surface area contributed by atoms with E-state index in [1.54, 1.807) is 0 Å². The number of nitrogens with one attached hydrogen (secondary N) is 1. The Balaban J connectivity index is 0.000000606. The third kappa shape index (κ3) is 2.94. The molecular weight excluding hydrogens is 364 g/mol. The molecule has 0 bridgehead atoms. The molecule has 152 valence electrons. The van der Waals surface area contributed by atoms with Crippen LogP contribution in [0.15, 0.2) is 48.5 Å². The maximum Gasteiger partial charge on any atom is 0.0998 e. The van der Waals surface area contributed by atoms with E-state index in [0.717, 1.165) is 16.6 Å². The average molecular weight is 395 g/mol. The van der Waals surface area contributed by atoms with E-state index >= 15 is 0 Å². The van der Waals surface area contributed by atoms with Crippen LogP contribution in [-0.2, 0) is 0 Å². The fraction of sp³-hybridized carbons (Fsp3) is 0.250. The van der Waals surface area contributed by atoms with Gasteiger partial charge in [-0.25, -0.2) is 0 Å². The summed E-state index contributed by atoms with van der Waals surface area (Å²) >= 11 is 0. The first-order valence-electron chi connectivity index (χ1n) is 10.9. The molecule has 30 heavy (non-hydrogen) atoms. The molecule has 0 heterocycles. The molecule has 5 aromatic carbocycles. The Labute approximate surface area is 179 Å². The van der Waals surface area contributed by atoms with Gasteiger partial charge in [-0.15, -0.1) is 0 Å². The molecule has 5 aromatic rings. The molecule has 0 radical (unpaired) electrons. The summed E-state index contributed by atoms with van der Waals surface area (Å²) in [4.78, 5) is 0. The van der Waals surface area contributed by atoms with Gasteiger partial charge in [0.1, 0.15) is 0 Å². The van der Waals surface area contributed by atoms with Crippen molar-refractivity contribution in [3.8, 4) is 6.07 Å². The van der Waals surface area contributed by atoms with E-state index in [2.05, 4.69) is 67.7 Å². The first kappa shape index (κ1) is 21.4. The topological polar surface area (TPSA) is 35.8 Å². The van der Waals surface area contributed by atoms with Crippen LogP contribution in [0.4, 0.5) is 5.69 Å². The van der Waals surface area contributed by atoms with Crippen LogP contribution < -0.4 is 5.32 Å². The van der Waals surface area contributed by atoms with Gasteiger partial charge in [0.05, 0.1) is 11.6 Å². The quantitative estimate of drug-likeness (QED) is 0.229. The fourth-order valence-electron chi connectivity index (χ4n) is 4.62. The Morgan fingerprint density at radius 3 is 2.07 bits per heavy atom. The number of anilines is 1. The van der Waals surface area contributed by atoms with Crippen LogP contribution in [0.25, 0.3) is 43.1 Å². The molecular formula is C28H30N2. The van der Waals surface area contributed by atoms with E-state index in [1.165, 1.54) is 48.8 Å². The molecule has 2 nitrogen and oxygen atoms in total. The maximum absolute atomic E-state index is 9.77. The number of hydrogen-bond acceptors (Lipinski definition) is 2. The van der Waals surface area contributed by atoms with Crippen LogP contribution in [0.1, 0.15) is 44.4 Å². The number of rotatable bonds is 1. The second-order valence-corrected chi connectivity index (χ2v) is 7.05. The van der Waals surface area contributed by atoms with Gasteiger partial charge in [0, 0.05) is 28.9 Å². The van der Waals surface area contributed by atoms with E-state index in [-0.39, 0.29) is 0 Å². The van der Waals surface area contributed by atoms with Crippen molar-refractivity contribution < 1.29 is 0 Å². The minimum absolute atomic E-state index is 0.744. The molecule has 0 saturated heterocycles. The lowest BCUT2D eigenvalue weighted by Gasteiger charge is -2.20. The molecule has 0 aliphatic rings. The van der Waals surface area contributed by atoms with Crippen molar-refractivity contribution in [1.29, 1.82) is 5.26 Å². The molecule has 0 fully saturated rings. The Hall–Kier alpha value is -3.31. The SMILES string of the molecule is CC.CC.CNc1cc(C)c2c(C)ccc3c4c(C#N)ccc5cccc(c1c23)c54. The van der Waals surface area contributed by atoms with E-state index in [4.69, 9.17) is 0 Å². The molecule has 2 heteroatoms. The lowest BCUT2D eigenvalue weighted by molar-refractivity contribution is 1.45. The molecule has 0 spiro atoms. The summed E-state index contributed by atoms with van der Waals surface area (Å²) in [6.45, 7) is 12.3. The molecule has 0 amide bonds. The summed E-state index contributed by atoms with van der Waals surface area (Å²) in [7, 11) is 1.98. The molecule has 0 unspecified atom stereocenters. The number of aryl methyl sites for hydroxylation is 2. The van der Waals surface area contributed by atoms with Crippen molar-refractivity contribution in [3.05, 3.63) is 65.2 Å². The van der Waals surface area contributed by atoms with Gasteiger partial charge >= 0.3 is 0 Å². The molecule has 0 aliphatic carbocycles. The Kier molecular flexibility index (Phi) is 6.13. The number of fused-ring (bicyclic) bond motifs is 2. The third-order valence-corrected chi connectivity index (χ3v) is 5.66. The summed E-state index contributed by atoms with van der Waals surface area (Å²) in [5, 5.41) is 22.8.